The van der Waals surface area contributed by atoms with Gasteiger partial charge in [-0.1, -0.05) is 33.2 Å². The molecule has 3 heterocycles. The first kappa shape index (κ1) is 19.1. The second-order valence-corrected chi connectivity index (χ2v) is 8.74. The topological polar surface area (TPSA) is 71.3 Å². The highest BCUT2D eigenvalue weighted by molar-refractivity contribution is 9.10. The number of anilines is 1. The summed E-state index contributed by atoms with van der Waals surface area (Å²) < 4.78 is 6.33. The predicted octanol–water partition coefficient (Wildman–Crippen LogP) is 4.14. The average molecular weight is 461 g/mol. The van der Waals surface area contributed by atoms with Crippen molar-refractivity contribution in [1.82, 2.24) is 15.5 Å². The van der Waals surface area contributed by atoms with Gasteiger partial charge >= 0.3 is 0 Å². The smallest absolute Gasteiger partial charge is 0.227 e. The van der Waals surface area contributed by atoms with Crippen LogP contribution in [0.3, 0.4) is 0 Å². The molecule has 4 rings (SSSR count). The standard InChI is InChI=1S/C20H21BrN4O2S/c21-15-3-1-4-16(11-15)25-9-8-14(13-25)12-22-18(26)6-7-19-23-20(24-27-19)17-5-2-10-28-17/h1-5,10-11,14H,6-9,12-13H2,(H,22,26). The Bertz CT molecular complexity index is 928. The highest BCUT2D eigenvalue weighted by Gasteiger charge is 2.23. The summed E-state index contributed by atoms with van der Waals surface area (Å²) >= 11 is 5.09. The lowest BCUT2D eigenvalue weighted by molar-refractivity contribution is -0.121. The summed E-state index contributed by atoms with van der Waals surface area (Å²) in [6.45, 7) is 2.68. The molecule has 2 aromatic heterocycles. The number of nitrogens with zero attached hydrogens (tertiary/aromatic N) is 3. The van der Waals surface area contributed by atoms with Gasteiger partial charge < -0.3 is 14.7 Å². The second-order valence-electron chi connectivity index (χ2n) is 6.87. The van der Waals surface area contributed by atoms with Gasteiger partial charge in [-0.05, 0) is 42.0 Å². The second kappa shape index (κ2) is 8.87. The van der Waals surface area contributed by atoms with E-state index >= 15 is 0 Å². The van der Waals surface area contributed by atoms with E-state index in [1.165, 1.54) is 5.69 Å². The number of aryl methyl sites for hydroxylation is 1. The Morgan fingerprint density at radius 3 is 3.11 bits per heavy atom. The van der Waals surface area contributed by atoms with Gasteiger partial charge in [-0.2, -0.15) is 4.98 Å². The van der Waals surface area contributed by atoms with Crippen LogP contribution in [0.25, 0.3) is 10.7 Å². The van der Waals surface area contributed by atoms with Crippen LogP contribution < -0.4 is 10.2 Å². The van der Waals surface area contributed by atoms with Crippen molar-refractivity contribution in [3.05, 3.63) is 52.1 Å². The lowest BCUT2D eigenvalue weighted by Crippen LogP contribution is -2.31. The van der Waals surface area contributed by atoms with Crippen molar-refractivity contribution in [2.45, 2.75) is 19.3 Å². The van der Waals surface area contributed by atoms with E-state index in [-0.39, 0.29) is 5.91 Å². The van der Waals surface area contributed by atoms with Gasteiger partial charge in [-0.15, -0.1) is 11.3 Å². The van der Waals surface area contributed by atoms with Gasteiger partial charge in [0.1, 0.15) is 0 Å². The molecule has 0 saturated carbocycles. The molecule has 1 amide bonds. The Morgan fingerprint density at radius 1 is 1.36 bits per heavy atom. The molecule has 1 N–H and O–H groups in total. The number of carbonyl (C=O) groups is 1. The third-order valence-electron chi connectivity index (χ3n) is 4.82. The molecule has 0 spiro atoms. The van der Waals surface area contributed by atoms with Gasteiger partial charge in [0.15, 0.2) is 0 Å². The van der Waals surface area contributed by atoms with Crippen molar-refractivity contribution in [1.29, 1.82) is 0 Å². The molecule has 1 aliphatic rings. The molecule has 146 valence electrons. The highest BCUT2D eigenvalue weighted by atomic mass is 79.9. The van der Waals surface area contributed by atoms with Crippen LogP contribution in [0.4, 0.5) is 5.69 Å². The molecular weight excluding hydrogens is 440 g/mol. The lowest BCUT2D eigenvalue weighted by Gasteiger charge is -2.19. The zero-order valence-electron chi connectivity index (χ0n) is 15.3. The van der Waals surface area contributed by atoms with E-state index in [4.69, 9.17) is 4.52 Å². The summed E-state index contributed by atoms with van der Waals surface area (Å²) in [4.78, 5) is 19.9. The first-order valence-electron chi connectivity index (χ1n) is 9.31. The zero-order valence-corrected chi connectivity index (χ0v) is 17.7. The van der Waals surface area contributed by atoms with Gasteiger partial charge in [-0.25, -0.2) is 0 Å². The summed E-state index contributed by atoms with van der Waals surface area (Å²) in [7, 11) is 0. The Kier molecular flexibility index (Phi) is 6.07. The van der Waals surface area contributed by atoms with Crippen LogP contribution in [0.15, 0.2) is 50.8 Å². The van der Waals surface area contributed by atoms with Crippen LogP contribution in [0.5, 0.6) is 0 Å². The Labute approximate surface area is 176 Å². The molecule has 0 radical (unpaired) electrons. The Morgan fingerprint density at radius 2 is 2.29 bits per heavy atom. The summed E-state index contributed by atoms with van der Waals surface area (Å²) in [5.41, 5.74) is 1.22. The van der Waals surface area contributed by atoms with E-state index in [1.807, 2.05) is 23.6 Å². The van der Waals surface area contributed by atoms with E-state index in [1.54, 1.807) is 11.3 Å². The molecule has 1 fully saturated rings. The van der Waals surface area contributed by atoms with Gasteiger partial charge in [0.25, 0.3) is 0 Å². The third kappa shape index (κ3) is 4.80. The zero-order chi connectivity index (χ0) is 19.3. The van der Waals surface area contributed by atoms with Gasteiger partial charge in [-0.3, -0.25) is 4.79 Å². The first-order valence-corrected chi connectivity index (χ1v) is 11.0. The minimum absolute atomic E-state index is 0.0248. The fourth-order valence-corrected chi connectivity index (χ4v) is 4.37. The Hall–Kier alpha value is -2.19. The van der Waals surface area contributed by atoms with Crippen LogP contribution >= 0.6 is 27.3 Å². The first-order chi connectivity index (χ1) is 13.7. The molecule has 1 aromatic carbocycles. The normalized spacial score (nSPS) is 16.5. The van der Waals surface area contributed by atoms with Crippen molar-refractivity contribution < 1.29 is 9.32 Å². The molecule has 1 atom stereocenters. The molecule has 0 bridgehead atoms. The lowest BCUT2D eigenvalue weighted by atomic mass is 10.1. The number of rotatable bonds is 7. The minimum atomic E-state index is 0.0248. The molecule has 8 heteroatoms. The van der Waals surface area contributed by atoms with Crippen LogP contribution in [-0.4, -0.2) is 35.7 Å². The van der Waals surface area contributed by atoms with Gasteiger partial charge in [0.05, 0.1) is 4.88 Å². The van der Waals surface area contributed by atoms with E-state index < -0.39 is 0 Å². The number of aromatic nitrogens is 2. The average Bonchev–Trinajstić information content (AvgIpc) is 3.46. The predicted molar refractivity (Wildman–Crippen MR) is 113 cm³/mol. The molecule has 28 heavy (non-hydrogen) atoms. The number of amides is 1. The van der Waals surface area contributed by atoms with E-state index in [9.17, 15) is 4.79 Å². The fourth-order valence-electron chi connectivity index (χ4n) is 3.34. The molecule has 1 unspecified atom stereocenters. The number of benzene rings is 1. The molecule has 0 aliphatic carbocycles. The SMILES string of the molecule is O=C(CCc1nc(-c2cccs2)no1)NCC1CCN(c2cccc(Br)c2)C1. The minimum Gasteiger partial charge on any atom is -0.371 e. The van der Waals surface area contributed by atoms with Crippen molar-refractivity contribution in [2.75, 3.05) is 24.5 Å². The largest absolute Gasteiger partial charge is 0.371 e. The van der Waals surface area contributed by atoms with E-state index in [0.29, 0.717) is 37.0 Å². The summed E-state index contributed by atoms with van der Waals surface area (Å²) in [6, 6.07) is 12.2. The molecular formula is C20H21BrN4O2S. The van der Waals surface area contributed by atoms with Crippen molar-refractivity contribution in [2.24, 2.45) is 5.92 Å². The summed E-state index contributed by atoms with van der Waals surface area (Å²) in [5.74, 6) is 1.58. The van der Waals surface area contributed by atoms with E-state index in [0.717, 1.165) is 28.9 Å². The van der Waals surface area contributed by atoms with Crippen LogP contribution in [0.1, 0.15) is 18.7 Å². The number of hydrogen-bond donors (Lipinski definition) is 1. The molecule has 3 aromatic rings. The highest BCUT2D eigenvalue weighted by Crippen LogP contribution is 2.26. The van der Waals surface area contributed by atoms with Crippen molar-refractivity contribution >= 4 is 38.9 Å². The third-order valence-corrected chi connectivity index (χ3v) is 6.18. The number of carbonyl (C=O) groups excluding carboxylic acids is 1. The maximum atomic E-state index is 12.2. The molecule has 1 saturated heterocycles. The fraction of sp³-hybridized carbons (Fsp3) is 0.350. The van der Waals surface area contributed by atoms with Crippen LogP contribution in [0, 0.1) is 5.92 Å². The number of hydrogen-bond acceptors (Lipinski definition) is 6. The Balaban J connectivity index is 1.20. The number of halogens is 1. The maximum absolute atomic E-state index is 12.2. The van der Waals surface area contributed by atoms with E-state index in [2.05, 4.69) is 54.5 Å². The molecule has 6 nitrogen and oxygen atoms in total. The van der Waals surface area contributed by atoms with Crippen molar-refractivity contribution in [3.63, 3.8) is 0 Å². The van der Waals surface area contributed by atoms with Gasteiger partial charge in [0, 0.05) is 42.6 Å². The molecule has 1 aliphatic heterocycles. The monoisotopic (exact) mass is 460 g/mol. The van der Waals surface area contributed by atoms with Crippen LogP contribution in [0.2, 0.25) is 0 Å². The maximum Gasteiger partial charge on any atom is 0.227 e. The van der Waals surface area contributed by atoms with Crippen LogP contribution in [-0.2, 0) is 11.2 Å². The summed E-state index contributed by atoms with van der Waals surface area (Å²) in [5, 5.41) is 8.99. The van der Waals surface area contributed by atoms with Crippen molar-refractivity contribution in [3.8, 4) is 10.7 Å². The number of thiophene rings is 1. The quantitative estimate of drug-likeness (QED) is 0.573. The summed E-state index contributed by atoms with van der Waals surface area (Å²) in [6.07, 6.45) is 1.90. The number of nitrogens with one attached hydrogen (secondary N) is 1. The van der Waals surface area contributed by atoms with Gasteiger partial charge in [0.2, 0.25) is 17.6 Å².